The second kappa shape index (κ2) is 6.07. The standard InChI is InChI=1S/C19H23NO2/c1-3-5-13-7-8-14-12-15(6-4-2)19(16(14)11-13)20-17(21)9-10-18(20)22/h7-11,15,19H,3-6,12H2,1-2H3/t15-,19-/m0/s1. The molecule has 0 saturated carbocycles. The molecule has 0 unspecified atom stereocenters. The molecule has 1 aliphatic heterocycles. The highest BCUT2D eigenvalue weighted by molar-refractivity contribution is 6.13. The Labute approximate surface area is 132 Å². The maximum Gasteiger partial charge on any atom is 0.254 e. The van der Waals surface area contributed by atoms with E-state index in [-0.39, 0.29) is 17.9 Å². The number of fused-ring (bicyclic) bond motifs is 1. The summed E-state index contributed by atoms with van der Waals surface area (Å²) in [5.74, 6) is 0.0272. The van der Waals surface area contributed by atoms with Crippen LogP contribution in [0, 0.1) is 5.92 Å². The van der Waals surface area contributed by atoms with Gasteiger partial charge in [-0.3, -0.25) is 14.5 Å². The number of hydrogen-bond acceptors (Lipinski definition) is 2. The van der Waals surface area contributed by atoms with Gasteiger partial charge in [0.25, 0.3) is 11.8 Å². The van der Waals surface area contributed by atoms with Crippen molar-refractivity contribution in [3.63, 3.8) is 0 Å². The zero-order valence-corrected chi connectivity index (χ0v) is 13.3. The van der Waals surface area contributed by atoms with Gasteiger partial charge in [0.1, 0.15) is 0 Å². The summed E-state index contributed by atoms with van der Waals surface area (Å²) in [6.07, 6.45) is 8.03. The van der Waals surface area contributed by atoms with Gasteiger partial charge >= 0.3 is 0 Å². The Morgan fingerprint density at radius 2 is 1.82 bits per heavy atom. The quantitative estimate of drug-likeness (QED) is 0.779. The predicted octanol–water partition coefficient (Wildman–Crippen LogP) is 3.58. The van der Waals surface area contributed by atoms with E-state index < -0.39 is 0 Å². The van der Waals surface area contributed by atoms with E-state index in [1.165, 1.54) is 33.7 Å². The van der Waals surface area contributed by atoms with Crippen LogP contribution in [0.15, 0.2) is 30.4 Å². The molecule has 1 aliphatic carbocycles. The van der Waals surface area contributed by atoms with Crippen molar-refractivity contribution in [1.82, 2.24) is 4.90 Å². The maximum atomic E-state index is 12.2. The van der Waals surface area contributed by atoms with E-state index in [0.717, 1.165) is 32.1 Å². The summed E-state index contributed by atoms with van der Waals surface area (Å²) in [5, 5.41) is 0. The van der Waals surface area contributed by atoms with Gasteiger partial charge in [0, 0.05) is 12.2 Å². The van der Waals surface area contributed by atoms with E-state index in [0.29, 0.717) is 5.92 Å². The average Bonchev–Trinajstić information content (AvgIpc) is 3.00. The lowest BCUT2D eigenvalue weighted by Gasteiger charge is -2.28. The summed E-state index contributed by atoms with van der Waals surface area (Å²) in [5.41, 5.74) is 3.79. The zero-order valence-electron chi connectivity index (χ0n) is 13.3. The predicted molar refractivity (Wildman–Crippen MR) is 86.3 cm³/mol. The second-order valence-corrected chi connectivity index (χ2v) is 6.36. The molecule has 0 saturated heterocycles. The van der Waals surface area contributed by atoms with Gasteiger partial charge in [0.2, 0.25) is 0 Å². The molecule has 116 valence electrons. The molecule has 2 aliphatic rings. The van der Waals surface area contributed by atoms with Gasteiger partial charge in [-0.1, -0.05) is 44.9 Å². The van der Waals surface area contributed by atoms with E-state index >= 15 is 0 Å². The van der Waals surface area contributed by atoms with Crippen molar-refractivity contribution in [1.29, 1.82) is 0 Å². The van der Waals surface area contributed by atoms with Crippen LogP contribution < -0.4 is 0 Å². The minimum Gasteiger partial charge on any atom is -0.269 e. The first-order valence-corrected chi connectivity index (χ1v) is 8.32. The highest BCUT2D eigenvalue weighted by Gasteiger charge is 2.41. The van der Waals surface area contributed by atoms with Crippen LogP contribution in [0.4, 0.5) is 0 Å². The van der Waals surface area contributed by atoms with Crippen molar-refractivity contribution in [3.05, 3.63) is 47.0 Å². The molecule has 1 heterocycles. The minimum atomic E-state index is -0.162. The molecule has 22 heavy (non-hydrogen) atoms. The van der Waals surface area contributed by atoms with Crippen LogP contribution in [-0.2, 0) is 22.4 Å². The lowest BCUT2D eigenvalue weighted by Crippen LogP contribution is -2.36. The van der Waals surface area contributed by atoms with Crippen LogP contribution in [0.5, 0.6) is 0 Å². The largest absolute Gasteiger partial charge is 0.269 e. The molecule has 0 spiro atoms. The first-order valence-electron chi connectivity index (χ1n) is 8.32. The molecule has 0 fully saturated rings. The lowest BCUT2D eigenvalue weighted by molar-refractivity contribution is -0.140. The number of nitrogens with zero attached hydrogens (tertiary/aromatic N) is 1. The third-order valence-corrected chi connectivity index (χ3v) is 4.78. The van der Waals surface area contributed by atoms with E-state index in [9.17, 15) is 9.59 Å². The Kier molecular flexibility index (Phi) is 4.14. The highest BCUT2D eigenvalue weighted by Crippen LogP contribution is 2.44. The Morgan fingerprint density at radius 3 is 2.45 bits per heavy atom. The van der Waals surface area contributed by atoms with Gasteiger partial charge in [-0.2, -0.15) is 0 Å². The average molecular weight is 297 g/mol. The maximum absolute atomic E-state index is 12.2. The smallest absolute Gasteiger partial charge is 0.254 e. The molecule has 3 heteroatoms. The van der Waals surface area contributed by atoms with E-state index in [1.54, 1.807) is 0 Å². The zero-order chi connectivity index (χ0) is 15.7. The summed E-state index contributed by atoms with van der Waals surface area (Å²) in [6.45, 7) is 4.33. The van der Waals surface area contributed by atoms with Gasteiger partial charge in [-0.05, 0) is 41.9 Å². The monoisotopic (exact) mass is 297 g/mol. The molecule has 2 atom stereocenters. The Bertz CT molecular complexity index is 614. The van der Waals surface area contributed by atoms with Crippen LogP contribution in [-0.4, -0.2) is 16.7 Å². The van der Waals surface area contributed by atoms with Gasteiger partial charge in [0.05, 0.1) is 6.04 Å². The molecular weight excluding hydrogens is 274 g/mol. The number of aryl methyl sites for hydroxylation is 1. The summed E-state index contributed by atoms with van der Waals surface area (Å²) in [6, 6.07) is 6.53. The van der Waals surface area contributed by atoms with Crippen molar-refractivity contribution in [2.75, 3.05) is 0 Å². The number of carbonyl (C=O) groups excluding carboxylic acids is 2. The summed E-state index contributed by atoms with van der Waals surface area (Å²) >= 11 is 0. The molecule has 0 aromatic heterocycles. The molecule has 2 amide bonds. The van der Waals surface area contributed by atoms with Crippen LogP contribution in [0.1, 0.15) is 55.8 Å². The summed E-state index contributed by atoms with van der Waals surface area (Å²) < 4.78 is 0. The SMILES string of the molecule is CCCc1ccc2c(c1)[C@@H](N1C(=O)C=CC1=O)[C@@H](CCC)C2. The van der Waals surface area contributed by atoms with Crippen LogP contribution >= 0.6 is 0 Å². The number of carbonyl (C=O) groups is 2. The van der Waals surface area contributed by atoms with Gasteiger partial charge in [-0.25, -0.2) is 0 Å². The number of amides is 2. The Hall–Kier alpha value is -1.90. The third kappa shape index (κ3) is 2.49. The topological polar surface area (TPSA) is 37.4 Å². The fourth-order valence-corrected chi connectivity index (χ4v) is 3.86. The van der Waals surface area contributed by atoms with E-state index in [1.807, 2.05) is 0 Å². The highest BCUT2D eigenvalue weighted by atomic mass is 16.2. The Morgan fingerprint density at radius 1 is 1.09 bits per heavy atom. The molecule has 3 nitrogen and oxygen atoms in total. The van der Waals surface area contributed by atoms with Crippen LogP contribution in [0.25, 0.3) is 0 Å². The molecule has 0 radical (unpaired) electrons. The normalized spacial score (nSPS) is 23.5. The fourth-order valence-electron chi connectivity index (χ4n) is 3.86. The van der Waals surface area contributed by atoms with Crippen molar-refractivity contribution in [2.24, 2.45) is 5.92 Å². The van der Waals surface area contributed by atoms with Crippen molar-refractivity contribution in [3.8, 4) is 0 Å². The molecule has 0 N–H and O–H groups in total. The first kappa shape index (κ1) is 15.0. The number of benzene rings is 1. The van der Waals surface area contributed by atoms with Crippen LogP contribution in [0.3, 0.4) is 0 Å². The minimum absolute atomic E-state index is 0.0817. The molecule has 1 aromatic carbocycles. The van der Waals surface area contributed by atoms with Crippen molar-refractivity contribution in [2.45, 2.75) is 52.0 Å². The molecule has 0 bridgehead atoms. The lowest BCUT2D eigenvalue weighted by atomic mass is 9.93. The molecule has 3 rings (SSSR count). The first-order chi connectivity index (χ1) is 10.7. The molecular formula is C19H23NO2. The third-order valence-electron chi connectivity index (χ3n) is 4.78. The number of hydrogen-bond donors (Lipinski definition) is 0. The van der Waals surface area contributed by atoms with Crippen molar-refractivity contribution < 1.29 is 9.59 Å². The van der Waals surface area contributed by atoms with Gasteiger partial charge < -0.3 is 0 Å². The van der Waals surface area contributed by atoms with Crippen molar-refractivity contribution >= 4 is 11.8 Å². The second-order valence-electron chi connectivity index (χ2n) is 6.36. The fraction of sp³-hybridized carbons (Fsp3) is 0.474. The summed E-state index contributed by atoms with van der Waals surface area (Å²) in [4.78, 5) is 25.8. The van der Waals surface area contributed by atoms with Gasteiger partial charge in [-0.15, -0.1) is 0 Å². The number of rotatable bonds is 5. The van der Waals surface area contributed by atoms with Crippen LogP contribution in [0.2, 0.25) is 0 Å². The molecule has 1 aromatic rings. The number of imide groups is 1. The summed E-state index contributed by atoms with van der Waals surface area (Å²) in [7, 11) is 0. The van der Waals surface area contributed by atoms with E-state index in [4.69, 9.17) is 0 Å². The Balaban J connectivity index is 2.00. The van der Waals surface area contributed by atoms with Gasteiger partial charge in [0.15, 0.2) is 0 Å². The van der Waals surface area contributed by atoms with E-state index in [2.05, 4.69) is 32.0 Å².